The maximum atomic E-state index is 12.3. The highest BCUT2D eigenvalue weighted by Crippen LogP contribution is 2.30. The van der Waals surface area contributed by atoms with Gasteiger partial charge in [-0.1, -0.05) is 0 Å². The zero-order valence-corrected chi connectivity index (χ0v) is 14.6. The van der Waals surface area contributed by atoms with Crippen molar-refractivity contribution in [2.75, 3.05) is 20.3 Å². The molecule has 0 aliphatic heterocycles. The van der Waals surface area contributed by atoms with Crippen molar-refractivity contribution in [3.8, 4) is 11.5 Å². The first-order chi connectivity index (χ1) is 10.8. The molecule has 0 bridgehead atoms. The highest BCUT2D eigenvalue weighted by molar-refractivity contribution is 7.90. The fourth-order valence-electron chi connectivity index (χ4n) is 1.79. The van der Waals surface area contributed by atoms with Crippen molar-refractivity contribution >= 4 is 15.9 Å². The smallest absolute Gasteiger partial charge is 0.264 e. The van der Waals surface area contributed by atoms with E-state index in [2.05, 4.69) is 0 Å². The maximum absolute atomic E-state index is 12.3. The number of ether oxygens (including phenoxy) is 3. The summed E-state index contributed by atoms with van der Waals surface area (Å²) in [5, 5.41) is 0. The quantitative estimate of drug-likeness (QED) is 0.733. The Morgan fingerprint density at radius 3 is 2.35 bits per heavy atom. The number of methoxy groups -OCH3 is 1. The van der Waals surface area contributed by atoms with Crippen LogP contribution in [-0.2, 0) is 19.6 Å². The lowest BCUT2D eigenvalue weighted by Gasteiger charge is -2.14. The number of benzene rings is 1. The number of sulfonamides is 1. The van der Waals surface area contributed by atoms with Crippen molar-refractivity contribution in [2.45, 2.75) is 38.2 Å². The topological polar surface area (TPSA) is 90.9 Å². The number of carbonyl (C=O) groups excluding carboxylic acids is 1. The normalized spacial score (nSPS) is 12.5. The van der Waals surface area contributed by atoms with E-state index in [1.807, 2.05) is 11.6 Å². The van der Waals surface area contributed by atoms with Crippen LogP contribution in [0.25, 0.3) is 0 Å². The van der Waals surface area contributed by atoms with E-state index in [1.165, 1.54) is 25.3 Å². The van der Waals surface area contributed by atoms with Crippen LogP contribution < -0.4 is 14.2 Å². The van der Waals surface area contributed by atoms with Gasteiger partial charge in [0.1, 0.15) is 0 Å². The van der Waals surface area contributed by atoms with Gasteiger partial charge >= 0.3 is 0 Å². The van der Waals surface area contributed by atoms with Crippen LogP contribution in [0.2, 0.25) is 0 Å². The van der Waals surface area contributed by atoms with Gasteiger partial charge < -0.3 is 14.2 Å². The molecule has 1 atom stereocenters. The fourth-order valence-corrected chi connectivity index (χ4v) is 2.80. The minimum Gasteiger partial charge on any atom is -0.490 e. The average Bonchev–Trinajstić information content (AvgIpc) is 2.48. The van der Waals surface area contributed by atoms with Crippen molar-refractivity contribution in [2.24, 2.45) is 0 Å². The SMILES string of the molecule is CCOc1ccc(S(=O)(=O)NC(=O)C[C@@H](C)OC)cc1OCC. The van der Waals surface area contributed by atoms with E-state index in [0.717, 1.165) is 0 Å². The third kappa shape index (κ3) is 5.72. The largest absolute Gasteiger partial charge is 0.490 e. The van der Waals surface area contributed by atoms with Crippen molar-refractivity contribution in [1.29, 1.82) is 0 Å². The molecule has 23 heavy (non-hydrogen) atoms. The van der Waals surface area contributed by atoms with Crippen molar-refractivity contribution in [3.63, 3.8) is 0 Å². The summed E-state index contributed by atoms with van der Waals surface area (Å²) in [7, 11) is -2.52. The van der Waals surface area contributed by atoms with Gasteiger partial charge in [-0.2, -0.15) is 0 Å². The number of carbonyl (C=O) groups is 1. The van der Waals surface area contributed by atoms with Crippen LogP contribution in [0.3, 0.4) is 0 Å². The Morgan fingerprint density at radius 2 is 1.78 bits per heavy atom. The Hall–Kier alpha value is -1.80. The van der Waals surface area contributed by atoms with Crippen LogP contribution >= 0.6 is 0 Å². The first kappa shape index (κ1) is 19.2. The van der Waals surface area contributed by atoms with Crippen molar-refractivity contribution in [3.05, 3.63) is 18.2 Å². The maximum Gasteiger partial charge on any atom is 0.264 e. The summed E-state index contributed by atoms with van der Waals surface area (Å²) in [5.41, 5.74) is 0. The molecule has 0 aliphatic carbocycles. The molecule has 0 saturated heterocycles. The Kier molecular flexibility index (Phi) is 7.31. The fraction of sp³-hybridized carbons (Fsp3) is 0.533. The number of nitrogens with one attached hydrogen (secondary N) is 1. The van der Waals surface area contributed by atoms with Crippen molar-refractivity contribution in [1.82, 2.24) is 4.72 Å². The molecule has 0 heterocycles. The Balaban J connectivity index is 2.99. The molecule has 8 heteroatoms. The van der Waals surface area contributed by atoms with Gasteiger partial charge in [-0.15, -0.1) is 0 Å². The number of rotatable bonds is 9. The standard InChI is InChI=1S/C15H23NO6S/c1-5-21-13-8-7-12(10-14(13)22-6-2)23(18,19)16-15(17)9-11(3)20-4/h7-8,10-11H,5-6,9H2,1-4H3,(H,16,17)/t11-/m1/s1. The van der Waals surface area contributed by atoms with Crippen LogP contribution in [0.4, 0.5) is 0 Å². The van der Waals surface area contributed by atoms with Crippen LogP contribution in [0.15, 0.2) is 23.1 Å². The summed E-state index contributed by atoms with van der Waals surface area (Å²) in [6, 6.07) is 4.21. The summed E-state index contributed by atoms with van der Waals surface area (Å²) in [6.07, 6.45) is -0.421. The summed E-state index contributed by atoms with van der Waals surface area (Å²) in [5.74, 6) is 0.133. The van der Waals surface area contributed by atoms with Gasteiger partial charge in [0.25, 0.3) is 10.0 Å². The van der Waals surface area contributed by atoms with E-state index in [0.29, 0.717) is 24.7 Å². The minimum absolute atomic E-state index is 0.0505. The molecule has 0 radical (unpaired) electrons. The van der Waals surface area contributed by atoms with Crippen LogP contribution in [-0.4, -0.2) is 40.8 Å². The highest BCUT2D eigenvalue weighted by atomic mass is 32.2. The molecule has 0 fully saturated rings. The van der Waals surface area contributed by atoms with E-state index in [-0.39, 0.29) is 17.4 Å². The molecule has 7 nitrogen and oxygen atoms in total. The lowest BCUT2D eigenvalue weighted by molar-refractivity contribution is -0.121. The van der Waals surface area contributed by atoms with Gasteiger partial charge in [-0.3, -0.25) is 4.79 Å². The molecule has 0 unspecified atom stereocenters. The van der Waals surface area contributed by atoms with Gasteiger partial charge in [0.05, 0.1) is 30.6 Å². The number of hydrogen-bond acceptors (Lipinski definition) is 6. The monoisotopic (exact) mass is 345 g/mol. The van der Waals surface area contributed by atoms with Crippen LogP contribution in [0.5, 0.6) is 11.5 Å². The van der Waals surface area contributed by atoms with Gasteiger partial charge in [0.15, 0.2) is 11.5 Å². The molecule has 1 rings (SSSR count). The Labute approximate surface area is 137 Å². The van der Waals surface area contributed by atoms with Crippen LogP contribution in [0.1, 0.15) is 27.2 Å². The predicted molar refractivity (Wildman–Crippen MR) is 85.2 cm³/mol. The predicted octanol–water partition coefficient (Wildman–Crippen LogP) is 1.71. The van der Waals surface area contributed by atoms with Gasteiger partial charge in [-0.25, -0.2) is 13.1 Å². The second-order valence-corrected chi connectivity index (χ2v) is 6.44. The molecule has 1 amide bonds. The molecular weight excluding hydrogens is 322 g/mol. The highest BCUT2D eigenvalue weighted by Gasteiger charge is 2.21. The zero-order valence-electron chi connectivity index (χ0n) is 13.8. The van der Waals surface area contributed by atoms with E-state index in [1.54, 1.807) is 13.8 Å². The summed E-state index contributed by atoms with van der Waals surface area (Å²) < 4.78 is 42.3. The number of hydrogen-bond donors (Lipinski definition) is 1. The van der Waals surface area contributed by atoms with Gasteiger partial charge in [-0.05, 0) is 32.9 Å². The lowest BCUT2D eigenvalue weighted by Crippen LogP contribution is -2.32. The Morgan fingerprint density at radius 1 is 1.17 bits per heavy atom. The average molecular weight is 345 g/mol. The van der Waals surface area contributed by atoms with E-state index in [4.69, 9.17) is 14.2 Å². The third-order valence-electron chi connectivity index (χ3n) is 2.95. The van der Waals surface area contributed by atoms with Crippen LogP contribution in [0, 0.1) is 0 Å². The van der Waals surface area contributed by atoms with Gasteiger partial charge in [0.2, 0.25) is 5.91 Å². The lowest BCUT2D eigenvalue weighted by atomic mass is 10.3. The van der Waals surface area contributed by atoms with E-state index >= 15 is 0 Å². The van der Waals surface area contributed by atoms with E-state index in [9.17, 15) is 13.2 Å². The molecular formula is C15H23NO6S. The third-order valence-corrected chi connectivity index (χ3v) is 4.32. The van der Waals surface area contributed by atoms with E-state index < -0.39 is 15.9 Å². The molecule has 130 valence electrons. The first-order valence-electron chi connectivity index (χ1n) is 7.32. The second-order valence-electron chi connectivity index (χ2n) is 4.75. The molecule has 0 spiro atoms. The zero-order chi connectivity index (χ0) is 17.5. The molecule has 0 aromatic heterocycles. The summed E-state index contributed by atoms with van der Waals surface area (Å²) in [4.78, 5) is 11.7. The molecule has 1 N–H and O–H groups in total. The van der Waals surface area contributed by atoms with Crippen molar-refractivity contribution < 1.29 is 27.4 Å². The molecule has 1 aromatic carbocycles. The minimum atomic E-state index is -3.98. The summed E-state index contributed by atoms with van der Waals surface area (Å²) in [6.45, 7) is 6.07. The molecule has 0 saturated carbocycles. The second kappa shape index (κ2) is 8.73. The molecule has 1 aromatic rings. The summed E-state index contributed by atoms with van der Waals surface area (Å²) >= 11 is 0. The number of amides is 1. The van der Waals surface area contributed by atoms with Gasteiger partial charge in [0, 0.05) is 13.2 Å². The molecule has 0 aliphatic rings. The first-order valence-corrected chi connectivity index (χ1v) is 8.80. The Bertz CT molecular complexity index is 629.